The summed E-state index contributed by atoms with van der Waals surface area (Å²) < 4.78 is 0. The first-order valence-electron chi connectivity index (χ1n) is 4.01. The topological polar surface area (TPSA) is 75.3 Å². The lowest BCUT2D eigenvalue weighted by Gasteiger charge is -2.09. The Balaban J connectivity index is 2.11. The largest absolute Gasteiger partial charge is 0.480 e. The lowest BCUT2D eigenvalue weighted by atomic mass is 10.1. The van der Waals surface area contributed by atoms with Crippen LogP contribution in [-0.4, -0.2) is 34.8 Å². The zero-order chi connectivity index (χ0) is 8.97. The third-order valence-corrected chi connectivity index (χ3v) is 3.15. The molecule has 0 aromatic carbocycles. The Morgan fingerprint density at radius 1 is 1.83 bits per heavy atom. The lowest BCUT2D eigenvalue weighted by Crippen LogP contribution is -2.31. The highest BCUT2D eigenvalue weighted by Crippen LogP contribution is 2.19. The van der Waals surface area contributed by atoms with Gasteiger partial charge in [-0.25, -0.2) is 0 Å². The molecule has 1 rings (SSSR count). The van der Waals surface area contributed by atoms with Gasteiger partial charge in [-0.3, -0.25) is 4.79 Å². The summed E-state index contributed by atoms with van der Waals surface area (Å²) in [4.78, 5) is 10.4. The summed E-state index contributed by atoms with van der Waals surface area (Å²) in [7, 11) is 0. The molecule has 12 heavy (non-hydrogen) atoms. The van der Waals surface area contributed by atoms with Crippen molar-refractivity contribution >= 4 is 17.7 Å². The summed E-state index contributed by atoms with van der Waals surface area (Å²) in [5.74, 6) is 0.0819. The van der Waals surface area contributed by atoms with Crippen LogP contribution in [0.5, 0.6) is 0 Å². The molecule has 0 aromatic heterocycles. The fourth-order valence-electron chi connectivity index (χ4n) is 1.13. The van der Waals surface area contributed by atoms with Gasteiger partial charge >= 0.3 is 5.97 Å². The molecule has 1 aliphatic heterocycles. The van der Waals surface area contributed by atoms with E-state index in [-0.39, 0.29) is 0 Å². The van der Waals surface area contributed by atoms with E-state index >= 15 is 0 Å². The van der Waals surface area contributed by atoms with Crippen molar-refractivity contribution in [3.05, 3.63) is 0 Å². The second-order valence-corrected chi connectivity index (χ2v) is 4.20. The van der Waals surface area contributed by atoms with Crippen LogP contribution in [0, 0.1) is 0 Å². The van der Waals surface area contributed by atoms with Crippen molar-refractivity contribution in [2.45, 2.75) is 24.1 Å². The maximum atomic E-state index is 10.4. The fraction of sp³-hybridized carbons (Fsp3) is 0.857. The summed E-state index contributed by atoms with van der Waals surface area (Å²) >= 11 is 1.84. The summed E-state index contributed by atoms with van der Waals surface area (Å²) in [6.45, 7) is 0.983. The second kappa shape index (κ2) is 4.69. The number of carboxylic acid groups (broad SMARTS) is 1. The van der Waals surface area contributed by atoms with Crippen molar-refractivity contribution in [2.24, 2.45) is 5.73 Å². The molecular formula is C7H14N2O2S. The molecule has 0 spiro atoms. The number of hydrogen-bond acceptors (Lipinski definition) is 4. The molecule has 4 nitrogen and oxygen atoms in total. The molecule has 0 amide bonds. The zero-order valence-electron chi connectivity index (χ0n) is 6.82. The quantitative estimate of drug-likeness (QED) is 0.574. The molecule has 1 aliphatic rings. The van der Waals surface area contributed by atoms with E-state index in [9.17, 15) is 4.79 Å². The van der Waals surface area contributed by atoms with E-state index in [2.05, 4.69) is 5.32 Å². The Labute approximate surface area is 75.9 Å². The summed E-state index contributed by atoms with van der Waals surface area (Å²) in [6, 6.07) is -0.689. The number of carbonyl (C=O) groups is 1. The van der Waals surface area contributed by atoms with E-state index in [0.29, 0.717) is 11.7 Å². The third kappa shape index (κ3) is 3.00. The van der Waals surface area contributed by atoms with Crippen LogP contribution in [0.2, 0.25) is 0 Å². The average Bonchev–Trinajstić information content (AvgIpc) is 2.51. The Hall–Kier alpha value is -0.260. The van der Waals surface area contributed by atoms with Gasteiger partial charge in [0.1, 0.15) is 6.04 Å². The van der Waals surface area contributed by atoms with Crippen LogP contribution in [0.1, 0.15) is 12.8 Å². The van der Waals surface area contributed by atoms with Crippen LogP contribution in [0.3, 0.4) is 0 Å². The molecular weight excluding hydrogens is 176 g/mol. The first kappa shape index (κ1) is 9.83. The van der Waals surface area contributed by atoms with Crippen molar-refractivity contribution in [1.29, 1.82) is 0 Å². The van der Waals surface area contributed by atoms with E-state index in [1.54, 1.807) is 0 Å². The van der Waals surface area contributed by atoms with Crippen LogP contribution < -0.4 is 11.1 Å². The monoisotopic (exact) mass is 190 g/mol. The van der Waals surface area contributed by atoms with E-state index < -0.39 is 12.0 Å². The first-order valence-corrected chi connectivity index (χ1v) is 5.05. The molecule has 70 valence electrons. The molecule has 0 aliphatic carbocycles. The molecule has 2 atom stereocenters. The summed E-state index contributed by atoms with van der Waals surface area (Å²) in [5, 5.41) is 12.3. The predicted molar refractivity (Wildman–Crippen MR) is 49.1 cm³/mol. The summed E-state index contributed by atoms with van der Waals surface area (Å²) in [6.07, 6.45) is 1.47. The van der Waals surface area contributed by atoms with Crippen LogP contribution >= 0.6 is 11.8 Å². The van der Waals surface area contributed by atoms with E-state index in [1.807, 2.05) is 11.8 Å². The van der Waals surface area contributed by atoms with Gasteiger partial charge in [0.05, 0.1) is 0 Å². The van der Waals surface area contributed by atoms with Gasteiger partial charge in [0.2, 0.25) is 0 Å². The molecule has 2 unspecified atom stereocenters. The van der Waals surface area contributed by atoms with Gasteiger partial charge in [-0.2, -0.15) is 0 Å². The minimum absolute atomic E-state index is 0.551. The van der Waals surface area contributed by atoms with Crippen molar-refractivity contribution in [3.8, 4) is 0 Å². The standard InChI is InChI=1S/C7H14N2O2S/c8-6(7(10)11)2-1-5-3-9-4-12-5/h5-6,9H,1-4,8H2,(H,10,11). The van der Waals surface area contributed by atoms with Crippen LogP contribution in [0.15, 0.2) is 0 Å². The Kier molecular flexibility index (Phi) is 3.84. The van der Waals surface area contributed by atoms with Crippen LogP contribution in [0.25, 0.3) is 0 Å². The predicted octanol–water partition coefficient (Wildman–Crippen LogP) is -0.159. The van der Waals surface area contributed by atoms with Gasteiger partial charge in [-0.15, -0.1) is 11.8 Å². The van der Waals surface area contributed by atoms with E-state index in [0.717, 1.165) is 18.8 Å². The molecule has 5 heteroatoms. The van der Waals surface area contributed by atoms with Crippen molar-refractivity contribution in [3.63, 3.8) is 0 Å². The number of hydrogen-bond donors (Lipinski definition) is 3. The normalized spacial score (nSPS) is 25.6. The number of thioether (sulfide) groups is 1. The molecule has 1 heterocycles. The highest BCUT2D eigenvalue weighted by molar-refractivity contribution is 8.00. The third-order valence-electron chi connectivity index (χ3n) is 1.91. The number of nitrogens with one attached hydrogen (secondary N) is 1. The second-order valence-electron chi connectivity index (χ2n) is 2.91. The molecule has 1 saturated heterocycles. The van der Waals surface area contributed by atoms with Gasteiger partial charge in [-0.05, 0) is 12.8 Å². The molecule has 4 N–H and O–H groups in total. The number of nitrogens with two attached hydrogens (primary N) is 1. The number of rotatable bonds is 4. The van der Waals surface area contributed by atoms with Gasteiger partial charge in [0.25, 0.3) is 0 Å². The molecule has 0 saturated carbocycles. The van der Waals surface area contributed by atoms with Gasteiger partial charge in [-0.1, -0.05) is 0 Å². The van der Waals surface area contributed by atoms with Crippen LogP contribution in [0.4, 0.5) is 0 Å². The minimum atomic E-state index is -0.897. The van der Waals surface area contributed by atoms with E-state index in [1.165, 1.54) is 0 Å². The Morgan fingerprint density at radius 2 is 2.58 bits per heavy atom. The lowest BCUT2D eigenvalue weighted by molar-refractivity contribution is -0.138. The first-order chi connectivity index (χ1) is 5.70. The van der Waals surface area contributed by atoms with Crippen molar-refractivity contribution in [1.82, 2.24) is 5.32 Å². The minimum Gasteiger partial charge on any atom is -0.480 e. The Bertz CT molecular complexity index is 159. The van der Waals surface area contributed by atoms with Gasteiger partial charge < -0.3 is 16.2 Å². The highest BCUT2D eigenvalue weighted by Gasteiger charge is 2.18. The smallest absolute Gasteiger partial charge is 0.320 e. The molecule has 0 aromatic rings. The number of aliphatic carboxylic acids is 1. The maximum absolute atomic E-state index is 10.4. The SMILES string of the molecule is NC(CCC1CNCS1)C(=O)O. The van der Waals surface area contributed by atoms with Crippen molar-refractivity contribution in [2.75, 3.05) is 12.4 Å². The average molecular weight is 190 g/mol. The fourth-order valence-corrected chi connectivity index (χ4v) is 2.14. The maximum Gasteiger partial charge on any atom is 0.320 e. The van der Waals surface area contributed by atoms with Crippen LogP contribution in [-0.2, 0) is 4.79 Å². The van der Waals surface area contributed by atoms with Gasteiger partial charge in [0.15, 0.2) is 0 Å². The molecule has 0 bridgehead atoms. The van der Waals surface area contributed by atoms with Gasteiger partial charge in [0, 0.05) is 17.7 Å². The highest BCUT2D eigenvalue weighted by atomic mass is 32.2. The molecule has 1 fully saturated rings. The Morgan fingerprint density at radius 3 is 3.08 bits per heavy atom. The van der Waals surface area contributed by atoms with E-state index in [4.69, 9.17) is 10.8 Å². The summed E-state index contributed by atoms with van der Waals surface area (Å²) in [5.41, 5.74) is 5.37. The number of carboxylic acids is 1. The molecule has 0 radical (unpaired) electrons. The zero-order valence-corrected chi connectivity index (χ0v) is 7.64. The van der Waals surface area contributed by atoms with Crippen molar-refractivity contribution < 1.29 is 9.90 Å².